The Morgan fingerprint density at radius 3 is 2.84 bits per heavy atom. The van der Waals surface area contributed by atoms with E-state index in [1.807, 2.05) is 6.92 Å². The van der Waals surface area contributed by atoms with E-state index in [2.05, 4.69) is 5.32 Å². The minimum absolute atomic E-state index is 0.000666. The van der Waals surface area contributed by atoms with Crippen LogP contribution in [0, 0.1) is 15.9 Å². The molecule has 7 heteroatoms. The third-order valence-electron chi connectivity index (χ3n) is 2.56. The Morgan fingerprint density at radius 1 is 1.58 bits per heavy atom. The number of anilines is 1. The molecule has 0 saturated carbocycles. The van der Waals surface area contributed by atoms with Crippen molar-refractivity contribution in [2.45, 2.75) is 32.2 Å². The summed E-state index contributed by atoms with van der Waals surface area (Å²) in [4.78, 5) is 21.6. The zero-order valence-electron chi connectivity index (χ0n) is 10.6. The zero-order chi connectivity index (χ0) is 14.4. The van der Waals surface area contributed by atoms with Crippen molar-refractivity contribution in [1.29, 1.82) is 0 Å². The van der Waals surface area contributed by atoms with E-state index < -0.39 is 28.0 Å². The Labute approximate surface area is 109 Å². The summed E-state index contributed by atoms with van der Waals surface area (Å²) < 4.78 is 13.5. The number of para-hydroxylation sites is 1. The van der Waals surface area contributed by atoms with Gasteiger partial charge in [0, 0.05) is 18.5 Å². The number of nitro groups is 1. The van der Waals surface area contributed by atoms with Crippen molar-refractivity contribution in [3.05, 3.63) is 34.1 Å². The van der Waals surface area contributed by atoms with E-state index in [1.165, 1.54) is 6.07 Å². The van der Waals surface area contributed by atoms with Crippen LogP contribution in [0.1, 0.15) is 26.2 Å². The first kappa shape index (κ1) is 15.0. The van der Waals surface area contributed by atoms with E-state index in [-0.39, 0.29) is 12.5 Å². The highest BCUT2D eigenvalue weighted by Gasteiger charge is 2.20. The topological polar surface area (TPSA) is 98.3 Å². The molecular weight excluding hydrogens is 253 g/mol. The van der Waals surface area contributed by atoms with Gasteiger partial charge in [-0.15, -0.1) is 0 Å². The largest absolute Gasteiger partial charge is 0.327 e. The van der Waals surface area contributed by atoms with Gasteiger partial charge in [0.2, 0.25) is 5.91 Å². The van der Waals surface area contributed by atoms with Crippen LogP contribution in [0.2, 0.25) is 0 Å². The third kappa shape index (κ3) is 4.29. The molecule has 0 aliphatic heterocycles. The van der Waals surface area contributed by atoms with Crippen molar-refractivity contribution in [3.8, 4) is 0 Å². The molecule has 0 aliphatic carbocycles. The number of hydrogen-bond acceptors (Lipinski definition) is 4. The van der Waals surface area contributed by atoms with Crippen LogP contribution in [-0.4, -0.2) is 16.9 Å². The number of rotatable bonds is 6. The molecule has 1 amide bonds. The average Bonchev–Trinajstić information content (AvgIpc) is 2.31. The number of amides is 1. The van der Waals surface area contributed by atoms with Crippen LogP contribution in [0.25, 0.3) is 0 Å². The lowest BCUT2D eigenvalue weighted by Gasteiger charge is -2.11. The fourth-order valence-electron chi connectivity index (χ4n) is 1.69. The first-order valence-corrected chi connectivity index (χ1v) is 5.94. The van der Waals surface area contributed by atoms with Crippen molar-refractivity contribution < 1.29 is 14.1 Å². The Bertz CT molecular complexity index is 479. The highest BCUT2D eigenvalue weighted by Crippen LogP contribution is 2.27. The summed E-state index contributed by atoms with van der Waals surface area (Å²) in [6, 6.07) is 3.06. The summed E-state index contributed by atoms with van der Waals surface area (Å²) in [5, 5.41) is 13.0. The van der Waals surface area contributed by atoms with E-state index in [1.54, 1.807) is 0 Å². The lowest BCUT2D eigenvalue weighted by atomic mass is 10.1. The second kappa shape index (κ2) is 6.79. The number of nitrogens with two attached hydrogens (primary N) is 1. The maximum Gasteiger partial charge on any atom is 0.295 e. The van der Waals surface area contributed by atoms with Gasteiger partial charge in [-0.05, 0) is 12.5 Å². The van der Waals surface area contributed by atoms with Crippen LogP contribution in [0.4, 0.5) is 15.8 Å². The highest BCUT2D eigenvalue weighted by molar-refractivity contribution is 5.93. The first-order chi connectivity index (χ1) is 8.95. The van der Waals surface area contributed by atoms with Gasteiger partial charge in [0.25, 0.3) is 5.69 Å². The van der Waals surface area contributed by atoms with Crippen LogP contribution in [0.15, 0.2) is 18.2 Å². The molecular formula is C12H16FN3O3. The van der Waals surface area contributed by atoms with E-state index >= 15 is 0 Å². The lowest BCUT2D eigenvalue weighted by Crippen LogP contribution is -2.27. The van der Waals surface area contributed by atoms with Crippen molar-refractivity contribution >= 4 is 17.3 Å². The van der Waals surface area contributed by atoms with Gasteiger partial charge < -0.3 is 11.1 Å². The molecule has 0 radical (unpaired) electrons. The average molecular weight is 269 g/mol. The van der Waals surface area contributed by atoms with E-state index in [9.17, 15) is 19.3 Å². The van der Waals surface area contributed by atoms with Crippen molar-refractivity contribution in [2.24, 2.45) is 5.73 Å². The number of benzene rings is 1. The van der Waals surface area contributed by atoms with Gasteiger partial charge in [-0.2, -0.15) is 0 Å². The second-order valence-electron chi connectivity index (χ2n) is 4.19. The molecule has 3 N–H and O–H groups in total. The van der Waals surface area contributed by atoms with Crippen molar-refractivity contribution in [2.75, 3.05) is 5.32 Å². The summed E-state index contributed by atoms with van der Waals surface area (Å²) in [5.41, 5.74) is 4.80. The molecule has 0 spiro atoms. The van der Waals surface area contributed by atoms with Crippen LogP contribution in [0.5, 0.6) is 0 Å². The predicted octanol–water partition coefficient (Wildman–Crippen LogP) is 2.19. The number of carbonyl (C=O) groups is 1. The number of carbonyl (C=O) groups excluding carboxylic acids is 1. The maximum absolute atomic E-state index is 13.5. The maximum atomic E-state index is 13.5. The number of hydrogen-bond donors (Lipinski definition) is 2. The molecule has 1 aromatic carbocycles. The first-order valence-electron chi connectivity index (χ1n) is 5.94. The SMILES string of the molecule is CCCC(N)CC(=O)Nc1c(F)cccc1[N+](=O)[O-]. The van der Waals surface area contributed by atoms with Gasteiger partial charge in [-0.25, -0.2) is 4.39 Å². The standard InChI is InChI=1S/C12H16FN3O3/c1-2-4-8(14)7-11(17)15-12-9(13)5-3-6-10(12)16(18)19/h3,5-6,8H,2,4,7,14H2,1H3,(H,15,17). The van der Waals surface area contributed by atoms with Gasteiger partial charge in [0.15, 0.2) is 11.5 Å². The molecule has 1 aromatic rings. The highest BCUT2D eigenvalue weighted by atomic mass is 19.1. The molecule has 0 aliphatic rings. The molecule has 1 unspecified atom stereocenters. The summed E-state index contributed by atoms with van der Waals surface area (Å²) in [5.74, 6) is -1.37. The molecule has 0 fully saturated rings. The number of halogens is 1. The molecule has 0 bridgehead atoms. The predicted molar refractivity (Wildman–Crippen MR) is 69.2 cm³/mol. The third-order valence-corrected chi connectivity index (χ3v) is 2.56. The Kier molecular flexibility index (Phi) is 5.37. The van der Waals surface area contributed by atoms with Gasteiger partial charge in [-0.1, -0.05) is 19.4 Å². The lowest BCUT2D eigenvalue weighted by molar-refractivity contribution is -0.384. The molecule has 0 heterocycles. The molecule has 104 valence electrons. The van der Waals surface area contributed by atoms with Crippen LogP contribution in [0.3, 0.4) is 0 Å². The zero-order valence-corrected chi connectivity index (χ0v) is 10.6. The van der Waals surface area contributed by atoms with Crippen molar-refractivity contribution in [3.63, 3.8) is 0 Å². The van der Waals surface area contributed by atoms with E-state index in [4.69, 9.17) is 5.73 Å². The number of nitrogens with zero attached hydrogens (tertiary/aromatic N) is 1. The molecule has 0 aromatic heterocycles. The van der Waals surface area contributed by atoms with Gasteiger partial charge in [0.05, 0.1) is 4.92 Å². The molecule has 19 heavy (non-hydrogen) atoms. The van der Waals surface area contributed by atoms with Crippen LogP contribution in [-0.2, 0) is 4.79 Å². The summed E-state index contributed by atoms with van der Waals surface area (Å²) in [6.07, 6.45) is 1.49. The Morgan fingerprint density at radius 2 is 2.26 bits per heavy atom. The molecule has 0 saturated heterocycles. The molecule has 1 rings (SSSR count). The van der Waals surface area contributed by atoms with Crippen LogP contribution >= 0.6 is 0 Å². The second-order valence-corrected chi connectivity index (χ2v) is 4.19. The minimum atomic E-state index is -0.841. The summed E-state index contributed by atoms with van der Waals surface area (Å²) in [6.45, 7) is 1.93. The normalized spacial score (nSPS) is 11.9. The monoisotopic (exact) mass is 269 g/mol. The van der Waals surface area contributed by atoms with E-state index in [0.717, 1.165) is 18.6 Å². The van der Waals surface area contributed by atoms with Gasteiger partial charge >= 0.3 is 0 Å². The Balaban J connectivity index is 2.82. The fraction of sp³-hybridized carbons (Fsp3) is 0.417. The number of nitrogens with one attached hydrogen (secondary N) is 1. The fourth-order valence-corrected chi connectivity index (χ4v) is 1.69. The summed E-state index contributed by atoms with van der Waals surface area (Å²) >= 11 is 0. The van der Waals surface area contributed by atoms with E-state index in [0.29, 0.717) is 6.42 Å². The van der Waals surface area contributed by atoms with Gasteiger partial charge in [0.1, 0.15) is 0 Å². The van der Waals surface area contributed by atoms with Crippen LogP contribution < -0.4 is 11.1 Å². The quantitative estimate of drug-likeness (QED) is 0.610. The Hall–Kier alpha value is -2.02. The van der Waals surface area contributed by atoms with Crippen molar-refractivity contribution in [1.82, 2.24) is 0 Å². The van der Waals surface area contributed by atoms with Gasteiger partial charge in [-0.3, -0.25) is 14.9 Å². The molecule has 1 atom stereocenters. The minimum Gasteiger partial charge on any atom is -0.327 e. The molecule has 6 nitrogen and oxygen atoms in total. The summed E-state index contributed by atoms with van der Waals surface area (Å²) in [7, 11) is 0. The number of nitro benzene ring substituents is 1. The smallest absolute Gasteiger partial charge is 0.295 e.